The largest absolute Gasteiger partial charge is 0.512 e. The van der Waals surface area contributed by atoms with E-state index >= 15 is 0 Å². The highest BCUT2D eigenvalue weighted by atomic mass is 16.3. The lowest BCUT2D eigenvalue weighted by Crippen LogP contribution is -2.24. The lowest BCUT2D eigenvalue weighted by molar-refractivity contribution is -0.116. The lowest BCUT2D eigenvalue weighted by Gasteiger charge is -2.03. The Morgan fingerprint density at radius 1 is 1.45 bits per heavy atom. The van der Waals surface area contributed by atoms with E-state index in [-0.39, 0.29) is 17.0 Å². The van der Waals surface area contributed by atoms with E-state index in [0.717, 1.165) is 0 Å². The zero-order chi connectivity index (χ0) is 9.02. The molecule has 0 aliphatic heterocycles. The van der Waals surface area contributed by atoms with Gasteiger partial charge in [-0.1, -0.05) is 0 Å². The zero-order valence-corrected chi connectivity index (χ0v) is 6.86. The molecule has 0 rings (SSSR count). The van der Waals surface area contributed by atoms with Crippen LogP contribution in [0.5, 0.6) is 0 Å². The van der Waals surface area contributed by atoms with Gasteiger partial charge in [-0.2, -0.15) is 0 Å². The van der Waals surface area contributed by atoms with E-state index in [0.29, 0.717) is 0 Å². The molecule has 0 bridgehead atoms. The highest BCUT2D eigenvalue weighted by molar-refractivity contribution is 6.19. The van der Waals surface area contributed by atoms with Gasteiger partial charge in [0.25, 0.3) is 5.91 Å². The number of carbonyl (C=O) groups excluding carboxylic acids is 1. The average Bonchev–Trinajstić information content (AvgIpc) is 1.85. The first-order valence-electron chi connectivity index (χ1n) is 3.18. The van der Waals surface area contributed by atoms with Gasteiger partial charge in [0.05, 0.1) is 5.57 Å². The topological polar surface area (TPSA) is 73.2 Å². The first kappa shape index (κ1) is 9.68. The van der Waals surface area contributed by atoms with Crippen molar-refractivity contribution >= 4 is 11.6 Å². The van der Waals surface area contributed by atoms with Crippen LogP contribution in [0.3, 0.4) is 0 Å². The van der Waals surface area contributed by atoms with Crippen LogP contribution in [-0.2, 0) is 4.79 Å². The molecule has 0 heterocycles. The second kappa shape index (κ2) is 3.75. The number of hydrogen-bond donors (Lipinski definition) is 3. The number of aliphatic hydroxyl groups is 1. The molecule has 0 saturated carbocycles. The van der Waals surface area contributed by atoms with Crippen molar-refractivity contribution in [3.8, 4) is 0 Å². The van der Waals surface area contributed by atoms with Gasteiger partial charge in [-0.3, -0.25) is 4.79 Å². The van der Waals surface area contributed by atoms with Crippen LogP contribution in [0.25, 0.3) is 0 Å². The summed E-state index contributed by atoms with van der Waals surface area (Å²) < 4.78 is 0. The number of amides is 1. The number of rotatable bonds is 2. The Hall–Kier alpha value is -1.32. The summed E-state index contributed by atoms with van der Waals surface area (Å²) in [7, 11) is 1.45. The minimum Gasteiger partial charge on any atom is -0.512 e. The highest BCUT2D eigenvalue weighted by Crippen LogP contribution is 2.01. The third-order valence-corrected chi connectivity index (χ3v) is 1.19. The summed E-state index contributed by atoms with van der Waals surface area (Å²) in [5.41, 5.74) is 0.0943. The van der Waals surface area contributed by atoms with Crippen molar-refractivity contribution in [3.05, 3.63) is 11.3 Å². The predicted molar refractivity (Wildman–Crippen MR) is 42.8 cm³/mol. The monoisotopic (exact) mass is 156 g/mol. The Labute approximate surface area is 65.4 Å². The molecule has 0 aromatic rings. The first-order valence-corrected chi connectivity index (χ1v) is 3.18. The van der Waals surface area contributed by atoms with E-state index < -0.39 is 5.91 Å². The lowest BCUT2D eigenvalue weighted by atomic mass is 10.1. The van der Waals surface area contributed by atoms with E-state index in [1.807, 2.05) is 0 Å². The Morgan fingerprint density at radius 2 is 1.91 bits per heavy atom. The van der Waals surface area contributed by atoms with Crippen molar-refractivity contribution in [1.29, 1.82) is 5.41 Å². The number of likely N-dealkylation sites (N-methyl/N-ethyl adjacent to an activating group) is 1. The van der Waals surface area contributed by atoms with Crippen LogP contribution in [0.4, 0.5) is 0 Å². The zero-order valence-electron chi connectivity index (χ0n) is 6.86. The molecule has 0 atom stereocenters. The van der Waals surface area contributed by atoms with Gasteiger partial charge in [0.15, 0.2) is 0 Å². The van der Waals surface area contributed by atoms with Crippen LogP contribution < -0.4 is 5.32 Å². The molecule has 0 aliphatic carbocycles. The highest BCUT2D eigenvalue weighted by Gasteiger charge is 2.12. The Balaban J connectivity index is 4.79. The summed E-state index contributed by atoms with van der Waals surface area (Å²) in [5.74, 6) is -0.561. The third-order valence-electron chi connectivity index (χ3n) is 1.19. The fourth-order valence-corrected chi connectivity index (χ4v) is 0.731. The summed E-state index contributed by atoms with van der Waals surface area (Å²) in [5, 5.41) is 18.4. The number of aliphatic hydroxyl groups excluding tert-OH is 1. The predicted octanol–water partition coefficient (Wildman–Crippen LogP) is 0.604. The van der Waals surface area contributed by atoms with Gasteiger partial charge in [0.2, 0.25) is 0 Å². The van der Waals surface area contributed by atoms with E-state index in [2.05, 4.69) is 5.32 Å². The van der Waals surface area contributed by atoms with Crippen molar-refractivity contribution in [2.24, 2.45) is 0 Å². The van der Waals surface area contributed by atoms with Gasteiger partial charge in [0.1, 0.15) is 5.76 Å². The fourth-order valence-electron chi connectivity index (χ4n) is 0.731. The summed E-state index contributed by atoms with van der Waals surface area (Å²) in [6.07, 6.45) is 0. The van der Waals surface area contributed by atoms with Crippen molar-refractivity contribution < 1.29 is 9.90 Å². The van der Waals surface area contributed by atoms with Crippen LogP contribution in [0, 0.1) is 5.41 Å². The molecule has 0 aromatic carbocycles. The standard InChI is InChI=1S/C7H12N2O2/c1-4(8)6(5(2)10)7(11)9-3/h8,10H,1-3H3,(H,9,11). The van der Waals surface area contributed by atoms with E-state index in [4.69, 9.17) is 10.5 Å². The van der Waals surface area contributed by atoms with Gasteiger partial charge in [-0.05, 0) is 13.8 Å². The minimum atomic E-state index is -0.433. The SMILES string of the molecule is CNC(=O)C(C(C)=N)=C(C)O. The fraction of sp³-hybridized carbons (Fsp3) is 0.429. The van der Waals surface area contributed by atoms with Gasteiger partial charge in [-0.25, -0.2) is 0 Å². The van der Waals surface area contributed by atoms with Gasteiger partial charge in [-0.15, -0.1) is 0 Å². The molecule has 62 valence electrons. The normalized spacial score (nSPS) is 11.9. The smallest absolute Gasteiger partial charge is 0.256 e. The number of nitrogens with one attached hydrogen (secondary N) is 2. The maximum atomic E-state index is 10.9. The molecule has 1 amide bonds. The molecule has 0 aromatic heterocycles. The quantitative estimate of drug-likeness (QED) is 0.311. The number of allylic oxidation sites excluding steroid dienone is 1. The molecular formula is C7H12N2O2. The summed E-state index contributed by atoms with van der Waals surface area (Å²) in [6, 6.07) is 0. The van der Waals surface area contributed by atoms with E-state index in [1.54, 1.807) is 0 Å². The molecule has 4 heteroatoms. The summed E-state index contributed by atoms with van der Waals surface area (Å²) in [4.78, 5) is 10.9. The molecule has 0 aliphatic rings. The summed E-state index contributed by atoms with van der Waals surface area (Å²) in [6.45, 7) is 2.83. The van der Waals surface area contributed by atoms with Crippen LogP contribution in [0.2, 0.25) is 0 Å². The van der Waals surface area contributed by atoms with Crippen LogP contribution in [-0.4, -0.2) is 23.8 Å². The van der Waals surface area contributed by atoms with Crippen LogP contribution in [0.15, 0.2) is 11.3 Å². The number of hydrogen-bond acceptors (Lipinski definition) is 3. The minimum absolute atomic E-state index is 0.0347. The maximum absolute atomic E-state index is 10.9. The molecule has 4 nitrogen and oxygen atoms in total. The molecule has 0 spiro atoms. The Bertz CT molecular complexity index is 214. The molecule has 0 unspecified atom stereocenters. The molecule has 0 radical (unpaired) electrons. The molecular weight excluding hydrogens is 144 g/mol. The van der Waals surface area contributed by atoms with Crippen molar-refractivity contribution in [3.63, 3.8) is 0 Å². The first-order chi connectivity index (χ1) is 5.00. The Kier molecular flexibility index (Phi) is 3.30. The average molecular weight is 156 g/mol. The number of carbonyl (C=O) groups is 1. The van der Waals surface area contributed by atoms with E-state index in [1.165, 1.54) is 20.9 Å². The summed E-state index contributed by atoms with van der Waals surface area (Å²) >= 11 is 0. The van der Waals surface area contributed by atoms with Gasteiger partial charge < -0.3 is 15.8 Å². The maximum Gasteiger partial charge on any atom is 0.256 e. The molecule has 11 heavy (non-hydrogen) atoms. The van der Waals surface area contributed by atoms with Crippen LogP contribution in [0.1, 0.15) is 13.8 Å². The third kappa shape index (κ3) is 2.41. The molecule has 3 N–H and O–H groups in total. The van der Waals surface area contributed by atoms with E-state index in [9.17, 15) is 4.79 Å². The van der Waals surface area contributed by atoms with Crippen molar-refractivity contribution in [2.75, 3.05) is 7.05 Å². The second-order valence-corrected chi connectivity index (χ2v) is 2.16. The molecule has 0 fully saturated rings. The Morgan fingerprint density at radius 3 is 2.00 bits per heavy atom. The van der Waals surface area contributed by atoms with Crippen molar-refractivity contribution in [2.45, 2.75) is 13.8 Å². The van der Waals surface area contributed by atoms with Crippen molar-refractivity contribution in [1.82, 2.24) is 5.32 Å². The van der Waals surface area contributed by atoms with Gasteiger partial charge >= 0.3 is 0 Å². The van der Waals surface area contributed by atoms with Crippen LogP contribution >= 0.6 is 0 Å². The molecule has 0 saturated heterocycles. The second-order valence-electron chi connectivity index (χ2n) is 2.16. The van der Waals surface area contributed by atoms with Gasteiger partial charge in [0, 0.05) is 12.8 Å².